The van der Waals surface area contributed by atoms with Crippen LogP contribution in [-0.4, -0.2) is 13.2 Å². The third-order valence-electron chi connectivity index (χ3n) is 5.99. The predicted molar refractivity (Wildman–Crippen MR) is 114 cm³/mol. The van der Waals surface area contributed by atoms with E-state index in [1.807, 2.05) is 37.3 Å². The zero-order chi connectivity index (χ0) is 23.2. The highest BCUT2D eigenvalue weighted by atomic mass is 35.5. The van der Waals surface area contributed by atoms with E-state index < -0.39 is 35.5 Å². The molecule has 0 fully saturated rings. The number of hydrogen-bond donors (Lipinski definition) is 1. The van der Waals surface area contributed by atoms with E-state index in [4.69, 9.17) is 22.1 Å². The van der Waals surface area contributed by atoms with Gasteiger partial charge in [0, 0.05) is 35.2 Å². The molecule has 3 nitrogen and oxygen atoms in total. The molecule has 4 rings (SSSR count). The molecule has 2 atom stereocenters. The maximum atomic E-state index is 15.4. The number of nitrogens with two attached hydrogens (primary N) is 1. The molecule has 0 unspecified atom stereocenters. The Morgan fingerprint density at radius 3 is 2.44 bits per heavy atom. The van der Waals surface area contributed by atoms with Gasteiger partial charge in [-0.05, 0) is 24.1 Å². The van der Waals surface area contributed by atoms with E-state index in [0.717, 1.165) is 17.7 Å². The Hall–Kier alpha value is -2.77. The molecule has 0 spiro atoms. The molecular formula is C24H20ClF4NO2. The molecule has 0 aliphatic carbocycles. The average Bonchev–Trinajstić information content (AvgIpc) is 3.05. The van der Waals surface area contributed by atoms with Gasteiger partial charge in [-0.1, -0.05) is 54.9 Å². The van der Waals surface area contributed by atoms with E-state index in [9.17, 15) is 13.2 Å². The van der Waals surface area contributed by atoms with Gasteiger partial charge in [-0.3, -0.25) is 0 Å². The number of halogens is 5. The van der Waals surface area contributed by atoms with Crippen LogP contribution in [0.3, 0.4) is 0 Å². The van der Waals surface area contributed by atoms with Crippen molar-refractivity contribution in [2.24, 2.45) is 5.73 Å². The first kappa shape index (κ1) is 22.4. The fourth-order valence-corrected chi connectivity index (χ4v) is 4.66. The molecule has 0 saturated carbocycles. The van der Waals surface area contributed by atoms with Crippen LogP contribution in [0.15, 0.2) is 48.5 Å². The molecule has 3 aromatic rings. The van der Waals surface area contributed by atoms with Crippen LogP contribution in [0.4, 0.5) is 17.6 Å². The highest BCUT2D eigenvalue weighted by molar-refractivity contribution is 6.34. The summed E-state index contributed by atoms with van der Waals surface area (Å²) in [5.74, 6) is -2.84. The predicted octanol–water partition coefficient (Wildman–Crippen LogP) is 6.55. The van der Waals surface area contributed by atoms with Gasteiger partial charge in [0.05, 0.1) is 5.02 Å². The average molecular weight is 466 g/mol. The maximum Gasteiger partial charge on any atom is 0.387 e. The molecule has 1 aliphatic heterocycles. The SMILES string of the molecule is Cc1ccc(OC(F)F)c(F)c1-c1c(Cl)c(F)cc2c1[C@H](C)[C@@](CN)(c1ccccc1)O2. The van der Waals surface area contributed by atoms with Crippen molar-refractivity contribution >= 4 is 11.6 Å². The molecular weight excluding hydrogens is 446 g/mol. The van der Waals surface area contributed by atoms with E-state index in [-0.39, 0.29) is 28.4 Å². The molecule has 8 heteroatoms. The molecule has 0 saturated heterocycles. The van der Waals surface area contributed by atoms with E-state index in [1.165, 1.54) is 6.07 Å². The molecule has 0 amide bonds. The number of benzene rings is 3. The minimum absolute atomic E-state index is 0.0372. The molecule has 1 aliphatic rings. The lowest BCUT2D eigenvalue weighted by Crippen LogP contribution is -2.41. The van der Waals surface area contributed by atoms with Crippen LogP contribution in [0.25, 0.3) is 11.1 Å². The van der Waals surface area contributed by atoms with Crippen molar-refractivity contribution in [2.75, 3.05) is 6.54 Å². The molecule has 0 radical (unpaired) electrons. The second-order valence-electron chi connectivity index (χ2n) is 7.69. The van der Waals surface area contributed by atoms with Crippen molar-refractivity contribution in [3.05, 3.63) is 81.9 Å². The summed E-state index contributed by atoms with van der Waals surface area (Å²) >= 11 is 6.34. The molecule has 0 bridgehead atoms. The third kappa shape index (κ3) is 3.40. The Bertz CT molecular complexity index is 1170. The Balaban J connectivity index is 1.99. The Morgan fingerprint density at radius 1 is 1.12 bits per heavy atom. The summed E-state index contributed by atoms with van der Waals surface area (Å²) < 4.78 is 66.3. The van der Waals surface area contributed by atoms with Gasteiger partial charge in [0.1, 0.15) is 11.6 Å². The maximum absolute atomic E-state index is 15.4. The summed E-state index contributed by atoms with van der Waals surface area (Å²) in [7, 11) is 0. The van der Waals surface area contributed by atoms with Crippen LogP contribution in [-0.2, 0) is 5.60 Å². The second-order valence-corrected chi connectivity index (χ2v) is 8.07. The number of alkyl halides is 2. The number of ether oxygens (including phenoxy) is 2. The lowest BCUT2D eigenvalue weighted by molar-refractivity contribution is -0.0521. The normalized spacial score (nSPS) is 19.7. The molecule has 1 heterocycles. The van der Waals surface area contributed by atoms with Gasteiger partial charge in [0.25, 0.3) is 0 Å². The van der Waals surface area contributed by atoms with Crippen molar-refractivity contribution in [2.45, 2.75) is 32.0 Å². The highest BCUT2D eigenvalue weighted by Crippen LogP contribution is 2.56. The second kappa shape index (κ2) is 8.30. The number of rotatable bonds is 5. The topological polar surface area (TPSA) is 44.5 Å². The van der Waals surface area contributed by atoms with Crippen molar-refractivity contribution in [3.63, 3.8) is 0 Å². The largest absolute Gasteiger partial charge is 0.480 e. The van der Waals surface area contributed by atoms with E-state index in [0.29, 0.717) is 11.1 Å². The van der Waals surface area contributed by atoms with Crippen LogP contribution in [0.5, 0.6) is 11.5 Å². The van der Waals surface area contributed by atoms with E-state index >= 15 is 4.39 Å². The number of fused-ring (bicyclic) bond motifs is 1. The number of aryl methyl sites for hydroxylation is 1. The summed E-state index contributed by atoms with van der Waals surface area (Å²) in [4.78, 5) is 0. The standard InChI is InChI=1S/C24H20ClF4NO2/c1-12-8-9-16(31-23(28)29)22(27)18(12)20-19-13(2)24(11-30,14-6-4-3-5-7-14)32-17(19)10-15(26)21(20)25/h3-10,13,23H,11,30H2,1-2H3/t13-,24-/m0/s1. The van der Waals surface area contributed by atoms with Crippen LogP contribution in [0, 0.1) is 18.6 Å². The Morgan fingerprint density at radius 2 is 1.81 bits per heavy atom. The van der Waals surface area contributed by atoms with Gasteiger partial charge < -0.3 is 15.2 Å². The van der Waals surface area contributed by atoms with Crippen LogP contribution >= 0.6 is 11.6 Å². The zero-order valence-corrected chi connectivity index (χ0v) is 18.0. The van der Waals surface area contributed by atoms with Gasteiger partial charge >= 0.3 is 6.61 Å². The van der Waals surface area contributed by atoms with Crippen LogP contribution < -0.4 is 15.2 Å². The summed E-state index contributed by atoms with van der Waals surface area (Å²) in [6, 6.07) is 12.8. The lowest BCUT2D eigenvalue weighted by Gasteiger charge is -2.32. The lowest BCUT2D eigenvalue weighted by atomic mass is 9.77. The monoisotopic (exact) mass is 465 g/mol. The van der Waals surface area contributed by atoms with Gasteiger partial charge in [0.2, 0.25) is 0 Å². The van der Waals surface area contributed by atoms with E-state index in [2.05, 4.69) is 4.74 Å². The first-order valence-corrected chi connectivity index (χ1v) is 10.3. The fourth-order valence-electron chi connectivity index (χ4n) is 4.41. The highest BCUT2D eigenvalue weighted by Gasteiger charge is 2.49. The minimum Gasteiger partial charge on any atom is -0.480 e. The van der Waals surface area contributed by atoms with Crippen molar-refractivity contribution in [1.29, 1.82) is 0 Å². The van der Waals surface area contributed by atoms with Gasteiger partial charge in [-0.2, -0.15) is 8.78 Å². The molecule has 0 aromatic heterocycles. The summed E-state index contributed by atoms with van der Waals surface area (Å²) in [5.41, 5.74) is 6.59. The fraction of sp³-hybridized carbons (Fsp3) is 0.250. The van der Waals surface area contributed by atoms with Gasteiger partial charge in [0.15, 0.2) is 17.2 Å². The summed E-state index contributed by atoms with van der Waals surface area (Å²) in [6.45, 7) is 0.239. The Kier molecular flexibility index (Phi) is 5.81. The summed E-state index contributed by atoms with van der Waals surface area (Å²) in [5, 5.41) is -0.337. The Labute approximate surface area is 187 Å². The number of hydrogen-bond acceptors (Lipinski definition) is 3. The molecule has 32 heavy (non-hydrogen) atoms. The van der Waals surface area contributed by atoms with Crippen LogP contribution in [0.1, 0.15) is 29.5 Å². The summed E-state index contributed by atoms with van der Waals surface area (Å²) in [6.07, 6.45) is 0. The zero-order valence-electron chi connectivity index (χ0n) is 17.3. The van der Waals surface area contributed by atoms with Crippen LogP contribution in [0.2, 0.25) is 5.02 Å². The third-order valence-corrected chi connectivity index (χ3v) is 6.36. The van der Waals surface area contributed by atoms with Crippen molar-refractivity contribution in [1.82, 2.24) is 0 Å². The first-order valence-electron chi connectivity index (χ1n) is 9.92. The molecule has 168 valence electrons. The smallest absolute Gasteiger partial charge is 0.387 e. The first-order chi connectivity index (χ1) is 15.2. The van der Waals surface area contributed by atoms with Crippen molar-refractivity contribution < 1.29 is 27.0 Å². The van der Waals surface area contributed by atoms with Crippen molar-refractivity contribution in [3.8, 4) is 22.6 Å². The van der Waals surface area contributed by atoms with E-state index in [1.54, 1.807) is 6.92 Å². The molecule has 2 N–H and O–H groups in total. The minimum atomic E-state index is -3.22. The van der Waals surface area contributed by atoms with Gasteiger partial charge in [-0.15, -0.1) is 0 Å². The quantitative estimate of drug-likeness (QED) is 0.435. The van der Waals surface area contributed by atoms with Gasteiger partial charge in [-0.25, -0.2) is 8.78 Å². The molecule has 3 aromatic carbocycles.